The van der Waals surface area contributed by atoms with Crippen molar-refractivity contribution in [2.75, 3.05) is 4.41 Å². The lowest BCUT2D eigenvalue weighted by atomic mass is 10.2. The molecule has 1 aliphatic rings. The number of carbonyl (C=O) groups is 1. The van der Waals surface area contributed by atoms with E-state index in [1.807, 2.05) is 0 Å². The largest absolute Gasteiger partial charge is 0.288 e. The second-order valence-electron chi connectivity index (χ2n) is 4.96. The average molecular weight is 327 g/mol. The maximum atomic E-state index is 12.6. The first-order valence-corrected chi connectivity index (χ1v) is 8.11. The molecule has 7 nitrogen and oxygen atoms in total. The molecule has 3 aromatic rings. The standard InChI is InChI=1S/C15H9N3O4S/c19-14-10-5-1-3-7-12(10)16-9-17(14)18-15(20)11-6-2-4-8-13(11)23(18,21)22/h1-9H. The molecule has 2 heterocycles. The number of carbonyl (C=O) groups excluding carboxylic acids is 1. The van der Waals surface area contributed by atoms with Gasteiger partial charge < -0.3 is 0 Å². The smallest absolute Gasteiger partial charge is 0.267 e. The highest BCUT2D eigenvalue weighted by Gasteiger charge is 2.43. The zero-order chi connectivity index (χ0) is 16.2. The molecule has 114 valence electrons. The van der Waals surface area contributed by atoms with Gasteiger partial charge in [-0.1, -0.05) is 24.3 Å². The third-order valence-corrected chi connectivity index (χ3v) is 5.35. The molecule has 0 radical (unpaired) electrons. The Bertz CT molecular complexity index is 1130. The van der Waals surface area contributed by atoms with E-state index in [1.165, 1.54) is 24.3 Å². The molecule has 0 N–H and O–H groups in total. The summed E-state index contributed by atoms with van der Waals surface area (Å²) in [6, 6.07) is 12.4. The molecule has 0 bridgehead atoms. The van der Waals surface area contributed by atoms with Crippen LogP contribution in [0.25, 0.3) is 10.9 Å². The topological polar surface area (TPSA) is 89.3 Å². The first-order valence-electron chi connectivity index (χ1n) is 6.67. The van der Waals surface area contributed by atoms with E-state index in [0.717, 1.165) is 11.0 Å². The van der Waals surface area contributed by atoms with Crippen LogP contribution in [0.3, 0.4) is 0 Å². The summed E-state index contributed by atoms with van der Waals surface area (Å²) in [6.45, 7) is 0. The Morgan fingerprint density at radius 1 is 0.913 bits per heavy atom. The molecule has 0 atom stereocenters. The van der Waals surface area contributed by atoms with Gasteiger partial charge in [-0.15, -0.1) is 4.41 Å². The van der Waals surface area contributed by atoms with Gasteiger partial charge in [-0.3, -0.25) is 9.59 Å². The summed E-state index contributed by atoms with van der Waals surface area (Å²) < 4.78 is 26.4. The zero-order valence-electron chi connectivity index (χ0n) is 11.6. The number of sulfonamides is 1. The first kappa shape index (κ1) is 13.6. The van der Waals surface area contributed by atoms with Gasteiger partial charge in [0.1, 0.15) is 11.2 Å². The predicted molar refractivity (Wildman–Crippen MR) is 82.2 cm³/mol. The quantitative estimate of drug-likeness (QED) is 0.662. The van der Waals surface area contributed by atoms with Gasteiger partial charge in [-0.2, -0.15) is 13.1 Å². The molecule has 1 aromatic heterocycles. The van der Waals surface area contributed by atoms with E-state index in [0.29, 0.717) is 9.93 Å². The van der Waals surface area contributed by atoms with Crippen LogP contribution in [-0.4, -0.2) is 24.0 Å². The number of aromatic nitrogens is 2. The van der Waals surface area contributed by atoms with Crippen LogP contribution in [0.4, 0.5) is 0 Å². The molecule has 23 heavy (non-hydrogen) atoms. The average Bonchev–Trinajstić information content (AvgIpc) is 2.76. The molecular weight excluding hydrogens is 318 g/mol. The number of para-hydroxylation sites is 1. The van der Waals surface area contributed by atoms with E-state index >= 15 is 0 Å². The highest BCUT2D eigenvalue weighted by molar-refractivity contribution is 7.93. The van der Waals surface area contributed by atoms with Crippen molar-refractivity contribution in [1.29, 1.82) is 0 Å². The van der Waals surface area contributed by atoms with Crippen LogP contribution < -0.4 is 9.97 Å². The van der Waals surface area contributed by atoms with Gasteiger partial charge >= 0.3 is 0 Å². The number of benzene rings is 2. The normalized spacial score (nSPS) is 15.8. The zero-order valence-corrected chi connectivity index (χ0v) is 12.4. The van der Waals surface area contributed by atoms with Crippen LogP contribution in [0, 0.1) is 0 Å². The van der Waals surface area contributed by atoms with Crippen LogP contribution in [0.5, 0.6) is 0 Å². The Kier molecular flexibility index (Phi) is 2.67. The second-order valence-corrected chi connectivity index (χ2v) is 6.70. The number of amides is 1. The monoisotopic (exact) mass is 327 g/mol. The van der Waals surface area contributed by atoms with Crippen LogP contribution in [0.2, 0.25) is 0 Å². The third kappa shape index (κ3) is 1.75. The van der Waals surface area contributed by atoms with Crippen molar-refractivity contribution >= 4 is 26.8 Å². The minimum atomic E-state index is -4.13. The molecule has 0 fully saturated rings. The number of fused-ring (bicyclic) bond motifs is 2. The molecule has 1 amide bonds. The first-order chi connectivity index (χ1) is 11.0. The van der Waals surface area contributed by atoms with Gasteiger partial charge in [0, 0.05) is 0 Å². The predicted octanol–water partition coefficient (Wildman–Crippen LogP) is 0.877. The summed E-state index contributed by atoms with van der Waals surface area (Å²) in [6.07, 6.45) is 1.05. The maximum Gasteiger partial charge on any atom is 0.288 e. The molecule has 0 saturated heterocycles. The van der Waals surface area contributed by atoms with Crippen molar-refractivity contribution in [3.63, 3.8) is 0 Å². The molecule has 8 heteroatoms. The minimum absolute atomic E-state index is 0.0348. The van der Waals surface area contributed by atoms with Gasteiger partial charge in [-0.05, 0) is 24.3 Å². The van der Waals surface area contributed by atoms with Crippen LogP contribution in [-0.2, 0) is 10.0 Å². The van der Waals surface area contributed by atoms with Crippen molar-refractivity contribution in [2.24, 2.45) is 0 Å². The number of nitrogens with zero attached hydrogens (tertiary/aromatic N) is 3. The van der Waals surface area contributed by atoms with Gasteiger partial charge in [0.25, 0.3) is 21.5 Å². The molecule has 4 rings (SSSR count). The second kappa shape index (κ2) is 4.50. The fourth-order valence-electron chi connectivity index (χ4n) is 2.58. The summed E-state index contributed by atoms with van der Waals surface area (Å²) in [5, 5.41) is 0.231. The third-order valence-electron chi connectivity index (χ3n) is 3.64. The van der Waals surface area contributed by atoms with E-state index in [4.69, 9.17) is 0 Å². The van der Waals surface area contributed by atoms with Crippen LogP contribution >= 0.6 is 0 Å². The van der Waals surface area contributed by atoms with E-state index in [9.17, 15) is 18.0 Å². The SMILES string of the molecule is O=C1c2ccccc2S(=O)(=O)N1n1cnc2ccccc2c1=O. The molecule has 0 aliphatic carbocycles. The van der Waals surface area contributed by atoms with Crippen LogP contribution in [0.15, 0.2) is 64.5 Å². The van der Waals surface area contributed by atoms with Gasteiger partial charge in [-0.25, -0.2) is 4.98 Å². The highest BCUT2D eigenvalue weighted by atomic mass is 32.2. The van der Waals surface area contributed by atoms with Crippen molar-refractivity contribution in [3.8, 4) is 0 Å². The Hall–Kier alpha value is -3.00. The highest BCUT2D eigenvalue weighted by Crippen LogP contribution is 2.28. The lowest BCUT2D eigenvalue weighted by molar-refractivity contribution is 0.0987. The molecule has 0 saturated carbocycles. The summed E-state index contributed by atoms with van der Waals surface area (Å²) in [7, 11) is -4.13. The number of hydrogen-bond donors (Lipinski definition) is 0. The van der Waals surface area contributed by atoms with Crippen LogP contribution in [0.1, 0.15) is 10.4 Å². The van der Waals surface area contributed by atoms with Gasteiger partial charge in [0.15, 0.2) is 0 Å². The maximum absolute atomic E-state index is 12.6. The molecule has 0 spiro atoms. The van der Waals surface area contributed by atoms with Crippen molar-refractivity contribution in [2.45, 2.75) is 4.90 Å². The Balaban J connectivity index is 2.02. The number of hydrogen-bond acceptors (Lipinski definition) is 5. The Morgan fingerprint density at radius 2 is 1.61 bits per heavy atom. The fraction of sp³-hybridized carbons (Fsp3) is 0. The van der Waals surface area contributed by atoms with E-state index in [1.54, 1.807) is 24.3 Å². The Labute approximate surface area is 130 Å². The minimum Gasteiger partial charge on any atom is -0.267 e. The van der Waals surface area contributed by atoms with Gasteiger partial charge in [0.2, 0.25) is 0 Å². The fourth-order valence-corrected chi connectivity index (χ4v) is 4.11. The van der Waals surface area contributed by atoms with Gasteiger partial charge in [0.05, 0.1) is 16.5 Å². The summed E-state index contributed by atoms with van der Waals surface area (Å²) in [5.41, 5.74) is -0.164. The van der Waals surface area contributed by atoms with Crippen molar-refractivity contribution in [1.82, 2.24) is 9.66 Å². The summed E-state index contributed by atoms with van der Waals surface area (Å²) in [5.74, 6) is -0.778. The van der Waals surface area contributed by atoms with E-state index < -0.39 is 21.5 Å². The van der Waals surface area contributed by atoms with Crippen molar-refractivity contribution in [3.05, 3.63) is 70.8 Å². The van der Waals surface area contributed by atoms with Crippen molar-refractivity contribution < 1.29 is 13.2 Å². The van der Waals surface area contributed by atoms with E-state index in [-0.39, 0.29) is 15.8 Å². The Morgan fingerprint density at radius 3 is 2.39 bits per heavy atom. The number of rotatable bonds is 1. The molecule has 0 unspecified atom stereocenters. The lowest BCUT2D eigenvalue weighted by Crippen LogP contribution is -2.46. The van der Waals surface area contributed by atoms with E-state index in [2.05, 4.69) is 4.98 Å². The summed E-state index contributed by atoms with van der Waals surface area (Å²) >= 11 is 0. The molecule has 2 aromatic carbocycles. The molecular formula is C15H9N3O4S. The lowest BCUT2D eigenvalue weighted by Gasteiger charge is -2.16. The molecule has 1 aliphatic heterocycles. The summed E-state index contributed by atoms with van der Waals surface area (Å²) in [4.78, 5) is 29.0.